The quantitative estimate of drug-likeness (QED) is 0.682. The van der Waals surface area contributed by atoms with Crippen LogP contribution in [0.25, 0.3) is 22.6 Å². The van der Waals surface area contributed by atoms with Gasteiger partial charge in [0.1, 0.15) is 5.52 Å². The van der Waals surface area contributed by atoms with Crippen LogP contribution in [0.2, 0.25) is 0 Å². The molecule has 1 heterocycles. The van der Waals surface area contributed by atoms with Gasteiger partial charge in [-0.2, -0.15) is 13.2 Å². The van der Waals surface area contributed by atoms with E-state index in [-0.39, 0.29) is 11.5 Å². The van der Waals surface area contributed by atoms with E-state index >= 15 is 0 Å². The van der Waals surface area contributed by atoms with Crippen LogP contribution in [0, 0.1) is 0 Å². The van der Waals surface area contributed by atoms with Gasteiger partial charge in [0.15, 0.2) is 5.58 Å². The van der Waals surface area contributed by atoms with Crippen molar-refractivity contribution in [3.05, 3.63) is 48.0 Å². The molecule has 1 aromatic heterocycles. The van der Waals surface area contributed by atoms with Crippen molar-refractivity contribution < 1.29 is 17.6 Å². The normalized spacial score (nSPS) is 11.9. The summed E-state index contributed by atoms with van der Waals surface area (Å²) < 4.78 is 44.3. The summed E-state index contributed by atoms with van der Waals surface area (Å²) in [5.41, 5.74) is 6.02. The zero-order valence-corrected chi connectivity index (χ0v) is 10.1. The standard InChI is InChI=1S/C14H9F3N2O/c15-14(16,17)10-4-2-1-3-9(10)13-19-11-6-5-8(18)7-12(11)20-13/h1-7H,18H2. The Morgan fingerprint density at radius 1 is 1.05 bits per heavy atom. The molecule has 0 aliphatic heterocycles. The monoisotopic (exact) mass is 278 g/mol. The molecular weight excluding hydrogens is 269 g/mol. The topological polar surface area (TPSA) is 52.0 Å². The van der Waals surface area contributed by atoms with Crippen LogP contribution in [0.15, 0.2) is 46.9 Å². The molecule has 3 nitrogen and oxygen atoms in total. The van der Waals surface area contributed by atoms with Crippen LogP contribution >= 0.6 is 0 Å². The van der Waals surface area contributed by atoms with Crippen LogP contribution in [0.4, 0.5) is 18.9 Å². The number of rotatable bonds is 1. The Morgan fingerprint density at radius 3 is 2.55 bits per heavy atom. The van der Waals surface area contributed by atoms with Crippen LogP contribution in [-0.2, 0) is 6.18 Å². The molecule has 0 aliphatic carbocycles. The highest BCUT2D eigenvalue weighted by Crippen LogP contribution is 2.37. The number of alkyl halides is 3. The van der Waals surface area contributed by atoms with E-state index in [1.165, 1.54) is 24.3 Å². The third kappa shape index (κ3) is 2.09. The molecule has 0 amide bonds. The SMILES string of the molecule is Nc1ccc2nc(-c3ccccc3C(F)(F)F)oc2c1. The fourth-order valence-electron chi connectivity index (χ4n) is 1.97. The summed E-state index contributed by atoms with van der Waals surface area (Å²) in [7, 11) is 0. The Balaban J connectivity index is 2.21. The number of nitrogens with two attached hydrogens (primary N) is 1. The molecule has 0 atom stereocenters. The first-order chi connectivity index (χ1) is 9.45. The smallest absolute Gasteiger partial charge is 0.417 e. The average Bonchev–Trinajstić information content (AvgIpc) is 2.80. The lowest BCUT2D eigenvalue weighted by atomic mass is 10.1. The molecule has 0 saturated carbocycles. The van der Waals surface area contributed by atoms with Gasteiger partial charge in [-0.3, -0.25) is 0 Å². The summed E-state index contributed by atoms with van der Waals surface area (Å²) >= 11 is 0. The van der Waals surface area contributed by atoms with Gasteiger partial charge in [0.25, 0.3) is 0 Å². The van der Waals surface area contributed by atoms with Crippen LogP contribution in [0.5, 0.6) is 0 Å². The van der Waals surface area contributed by atoms with Crippen molar-refractivity contribution in [3.63, 3.8) is 0 Å². The molecule has 3 rings (SSSR count). The molecule has 3 aromatic rings. The van der Waals surface area contributed by atoms with Gasteiger partial charge in [0, 0.05) is 17.3 Å². The van der Waals surface area contributed by atoms with Gasteiger partial charge < -0.3 is 10.2 Å². The van der Waals surface area contributed by atoms with E-state index in [0.29, 0.717) is 16.8 Å². The maximum atomic E-state index is 13.0. The number of halogens is 3. The molecule has 2 N–H and O–H groups in total. The van der Waals surface area contributed by atoms with Crippen molar-refractivity contribution >= 4 is 16.8 Å². The van der Waals surface area contributed by atoms with Crippen molar-refractivity contribution in [2.75, 3.05) is 5.73 Å². The van der Waals surface area contributed by atoms with Gasteiger partial charge in [-0.1, -0.05) is 12.1 Å². The van der Waals surface area contributed by atoms with Crippen LogP contribution in [0.1, 0.15) is 5.56 Å². The lowest BCUT2D eigenvalue weighted by Gasteiger charge is -2.09. The predicted molar refractivity (Wildman–Crippen MR) is 68.9 cm³/mol. The Kier molecular flexibility index (Phi) is 2.67. The second-order valence-corrected chi connectivity index (χ2v) is 4.29. The average molecular weight is 278 g/mol. The fourth-order valence-corrected chi connectivity index (χ4v) is 1.97. The summed E-state index contributed by atoms with van der Waals surface area (Å²) in [4.78, 5) is 4.08. The molecule has 2 aromatic carbocycles. The molecule has 6 heteroatoms. The number of hydrogen-bond donors (Lipinski definition) is 1. The van der Waals surface area contributed by atoms with Crippen molar-refractivity contribution in [2.45, 2.75) is 6.18 Å². The minimum absolute atomic E-state index is 0.0708. The maximum absolute atomic E-state index is 13.0. The first-order valence-electron chi connectivity index (χ1n) is 5.78. The summed E-state index contributed by atoms with van der Waals surface area (Å²) in [5.74, 6) is -0.0708. The first-order valence-corrected chi connectivity index (χ1v) is 5.78. The fraction of sp³-hybridized carbons (Fsp3) is 0.0714. The van der Waals surface area contributed by atoms with Gasteiger partial charge in [0.05, 0.1) is 5.56 Å². The Hall–Kier alpha value is -2.50. The molecule has 0 fully saturated rings. The number of oxazole rings is 1. The second kappa shape index (κ2) is 4.26. The number of aromatic nitrogens is 1. The molecule has 0 aliphatic rings. The van der Waals surface area contributed by atoms with E-state index in [4.69, 9.17) is 10.2 Å². The highest BCUT2D eigenvalue weighted by atomic mass is 19.4. The highest BCUT2D eigenvalue weighted by Gasteiger charge is 2.34. The molecule has 0 unspecified atom stereocenters. The molecule has 0 spiro atoms. The van der Waals surface area contributed by atoms with E-state index in [9.17, 15) is 13.2 Å². The van der Waals surface area contributed by atoms with Gasteiger partial charge >= 0.3 is 6.18 Å². The number of nitrogens with zero attached hydrogens (tertiary/aromatic N) is 1. The summed E-state index contributed by atoms with van der Waals surface area (Å²) in [6.45, 7) is 0. The Morgan fingerprint density at radius 2 is 1.80 bits per heavy atom. The van der Waals surface area contributed by atoms with Crippen molar-refractivity contribution in [1.29, 1.82) is 0 Å². The van der Waals surface area contributed by atoms with Crippen molar-refractivity contribution in [1.82, 2.24) is 4.98 Å². The molecule has 0 bridgehead atoms. The molecule has 0 saturated heterocycles. The first kappa shape index (κ1) is 12.5. The third-order valence-corrected chi connectivity index (χ3v) is 2.88. The molecule has 102 valence electrons. The molecular formula is C14H9F3N2O. The van der Waals surface area contributed by atoms with Crippen LogP contribution in [-0.4, -0.2) is 4.98 Å². The number of hydrogen-bond acceptors (Lipinski definition) is 3. The summed E-state index contributed by atoms with van der Waals surface area (Å²) in [6.07, 6.45) is -4.46. The Bertz CT molecular complexity index is 777. The number of nitrogen functional groups attached to an aromatic ring is 1. The highest BCUT2D eigenvalue weighted by molar-refractivity contribution is 5.79. The summed E-state index contributed by atoms with van der Waals surface area (Å²) in [6, 6.07) is 9.91. The largest absolute Gasteiger partial charge is 0.436 e. The van der Waals surface area contributed by atoms with Gasteiger partial charge in [-0.15, -0.1) is 0 Å². The summed E-state index contributed by atoms with van der Waals surface area (Å²) in [5, 5.41) is 0. The number of benzene rings is 2. The lowest BCUT2D eigenvalue weighted by Crippen LogP contribution is -2.06. The third-order valence-electron chi connectivity index (χ3n) is 2.88. The number of fused-ring (bicyclic) bond motifs is 1. The van der Waals surface area contributed by atoms with Crippen LogP contribution in [0.3, 0.4) is 0 Å². The van der Waals surface area contributed by atoms with Crippen LogP contribution < -0.4 is 5.73 Å². The lowest BCUT2D eigenvalue weighted by molar-refractivity contribution is -0.137. The Labute approximate surface area is 111 Å². The minimum Gasteiger partial charge on any atom is -0.436 e. The minimum atomic E-state index is -4.46. The maximum Gasteiger partial charge on any atom is 0.417 e. The zero-order chi connectivity index (χ0) is 14.3. The van der Waals surface area contributed by atoms with E-state index in [1.807, 2.05) is 0 Å². The van der Waals surface area contributed by atoms with E-state index in [0.717, 1.165) is 6.07 Å². The van der Waals surface area contributed by atoms with Crippen molar-refractivity contribution in [3.8, 4) is 11.5 Å². The second-order valence-electron chi connectivity index (χ2n) is 4.29. The predicted octanol–water partition coefficient (Wildman–Crippen LogP) is 4.10. The molecule has 20 heavy (non-hydrogen) atoms. The van der Waals surface area contributed by atoms with E-state index in [1.54, 1.807) is 12.1 Å². The van der Waals surface area contributed by atoms with Crippen molar-refractivity contribution in [2.24, 2.45) is 0 Å². The van der Waals surface area contributed by atoms with Gasteiger partial charge in [0.2, 0.25) is 5.89 Å². The molecule has 0 radical (unpaired) electrons. The van der Waals surface area contributed by atoms with Gasteiger partial charge in [-0.25, -0.2) is 4.98 Å². The number of anilines is 1. The van der Waals surface area contributed by atoms with Gasteiger partial charge in [-0.05, 0) is 24.3 Å². The van der Waals surface area contributed by atoms with E-state index < -0.39 is 11.7 Å². The van der Waals surface area contributed by atoms with E-state index in [2.05, 4.69) is 4.98 Å². The zero-order valence-electron chi connectivity index (χ0n) is 10.1.